The molecule has 1 atom stereocenters. The zero-order valence-electron chi connectivity index (χ0n) is 15.0. The van der Waals surface area contributed by atoms with Gasteiger partial charge in [0.25, 0.3) is 0 Å². The summed E-state index contributed by atoms with van der Waals surface area (Å²) in [6.45, 7) is 1.49. The van der Waals surface area contributed by atoms with Crippen molar-refractivity contribution < 1.29 is 38.1 Å². The lowest BCUT2D eigenvalue weighted by Gasteiger charge is -2.18. The summed E-state index contributed by atoms with van der Waals surface area (Å²) >= 11 is 0. The van der Waals surface area contributed by atoms with Crippen LogP contribution in [0.3, 0.4) is 0 Å². The van der Waals surface area contributed by atoms with Crippen molar-refractivity contribution in [3.8, 4) is 0 Å². The molecule has 2 aliphatic rings. The number of allylic oxidation sites excluding steroid dienone is 2. The number of hydrogen-bond donors (Lipinski definition) is 1. The molecule has 1 amide bonds. The number of nitrogens with two attached hydrogens (primary N) is 1. The van der Waals surface area contributed by atoms with Crippen LogP contribution >= 0.6 is 0 Å². The maximum atomic E-state index is 12.9. The first-order chi connectivity index (χ1) is 12.8. The average Bonchev–Trinajstić information content (AvgIpc) is 3.17. The van der Waals surface area contributed by atoms with Gasteiger partial charge in [0.1, 0.15) is 18.4 Å². The molecule has 2 N–H and O–H groups in total. The summed E-state index contributed by atoms with van der Waals surface area (Å²) in [4.78, 5) is 48.4. The fraction of sp³-hybridized carbons (Fsp3) is 0.412. The maximum absolute atomic E-state index is 12.9. The van der Waals surface area contributed by atoms with E-state index in [0.717, 1.165) is 0 Å². The monoisotopic (exact) mass is 378 g/mol. The molecule has 0 aromatic carbocycles. The second kappa shape index (κ2) is 6.78. The van der Waals surface area contributed by atoms with E-state index in [2.05, 4.69) is 4.74 Å². The highest BCUT2D eigenvalue weighted by atomic mass is 16.7. The van der Waals surface area contributed by atoms with Crippen LogP contribution in [0.15, 0.2) is 11.3 Å². The number of methoxy groups -OCH3 is 2. The summed E-state index contributed by atoms with van der Waals surface area (Å²) in [5, 5.41) is 0. The minimum atomic E-state index is -1.04. The third kappa shape index (κ3) is 2.82. The number of nitrogens with zero attached hydrogens (tertiary/aromatic N) is 1. The van der Waals surface area contributed by atoms with Crippen LogP contribution in [-0.4, -0.2) is 42.6 Å². The molecule has 1 aromatic rings. The van der Waals surface area contributed by atoms with E-state index in [4.69, 9.17) is 19.9 Å². The maximum Gasteiger partial charge on any atom is 0.508 e. The van der Waals surface area contributed by atoms with E-state index >= 15 is 0 Å². The van der Waals surface area contributed by atoms with Gasteiger partial charge in [-0.15, -0.1) is 0 Å². The molecule has 1 aromatic heterocycles. The number of Topliss-reactive ketones (excluding diaryl/α,β-unsaturated/α-hetero) is 2. The molecular weight excluding hydrogens is 360 g/mol. The van der Waals surface area contributed by atoms with Crippen LogP contribution in [-0.2, 0) is 32.1 Å². The van der Waals surface area contributed by atoms with E-state index in [9.17, 15) is 19.2 Å². The Morgan fingerprint density at radius 1 is 1.22 bits per heavy atom. The zero-order valence-corrected chi connectivity index (χ0v) is 15.0. The van der Waals surface area contributed by atoms with E-state index in [1.807, 2.05) is 0 Å². The molecule has 144 valence electrons. The first kappa shape index (κ1) is 18.5. The lowest BCUT2D eigenvalue weighted by molar-refractivity contribution is 0.0361. The number of aromatic nitrogens is 1. The first-order valence-electron chi connectivity index (χ1n) is 8.08. The molecule has 1 aliphatic heterocycles. The van der Waals surface area contributed by atoms with Crippen LogP contribution in [0.1, 0.15) is 51.6 Å². The number of fused-ring (bicyclic) bond motifs is 3. The molecule has 0 bridgehead atoms. The average molecular weight is 378 g/mol. The second-order valence-corrected chi connectivity index (χ2v) is 6.01. The van der Waals surface area contributed by atoms with Crippen molar-refractivity contribution in [1.29, 1.82) is 0 Å². The van der Waals surface area contributed by atoms with Gasteiger partial charge >= 0.3 is 12.2 Å². The van der Waals surface area contributed by atoms with Gasteiger partial charge in [0.05, 0.1) is 25.5 Å². The summed E-state index contributed by atoms with van der Waals surface area (Å²) in [6.07, 6.45) is -2.33. The summed E-state index contributed by atoms with van der Waals surface area (Å²) in [6, 6.07) is 0. The molecule has 0 fully saturated rings. The summed E-state index contributed by atoms with van der Waals surface area (Å²) < 4.78 is 21.3. The van der Waals surface area contributed by atoms with Gasteiger partial charge in [0.2, 0.25) is 11.6 Å². The molecule has 10 heteroatoms. The number of ketones is 2. The fourth-order valence-electron chi connectivity index (χ4n) is 3.53. The Labute approximate surface area is 153 Å². The first-order valence-corrected chi connectivity index (χ1v) is 8.08. The van der Waals surface area contributed by atoms with Gasteiger partial charge in [-0.3, -0.25) is 9.59 Å². The molecule has 2 heterocycles. The fourth-order valence-corrected chi connectivity index (χ4v) is 3.53. The van der Waals surface area contributed by atoms with Crippen LogP contribution in [0.25, 0.3) is 0 Å². The Morgan fingerprint density at radius 2 is 1.93 bits per heavy atom. The SMILES string of the molecule is COC(=O)OC1CCn2c3c(c(COC(N)=O)c21)C(=O)C(OC)=C(C)C3=O. The predicted octanol–water partition coefficient (Wildman–Crippen LogP) is 1.61. The number of hydrogen-bond acceptors (Lipinski definition) is 8. The number of ether oxygens (including phenoxy) is 4. The lowest BCUT2D eigenvalue weighted by Crippen LogP contribution is -2.24. The van der Waals surface area contributed by atoms with Crippen LogP contribution in [0, 0.1) is 0 Å². The Bertz CT molecular complexity index is 895. The topological polar surface area (TPSA) is 136 Å². The molecular formula is C17H18N2O8. The number of carbonyl (C=O) groups is 4. The van der Waals surface area contributed by atoms with E-state index in [1.54, 1.807) is 4.57 Å². The molecule has 0 saturated heterocycles. The van der Waals surface area contributed by atoms with Gasteiger partial charge in [-0.2, -0.15) is 0 Å². The van der Waals surface area contributed by atoms with Crippen LogP contribution < -0.4 is 5.73 Å². The molecule has 1 unspecified atom stereocenters. The molecule has 0 radical (unpaired) electrons. The van der Waals surface area contributed by atoms with Crippen LogP contribution in [0.5, 0.6) is 0 Å². The zero-order chi connectivity index (χ0) is 19.9. The Kier molecular flexibility index (Phi) is 4.64. The molecule has 27 heavy (non-hydrogen) atoms. The summed E-state index contributed by atoms with van der Waals surface area (Å²) in [7, 11) is 2.46. The third-order valence-corrected chi connectivity index (χ3v) is 4.63. The third-order valence-electron chi connectivity index (χ3n) is 4.63. The van der Waals surface area contributed by atoms with Crippen molar-refractivity contribution in [3.63, 3.8) is 0 Å². The minimum Gasteiger partial charge on any atom is -0.492 e. The highest BCUT2D eigenvalue weighted by molar-refractivity contribution is 6.26. The smallest absolute Gasteiger partial charge is 0.492 e. The number of primary amides is 1. The highest BCUT2D eigenvalue weighted by Gasteiger charge is 2.43. The summed E-state index contributed by atoms with van der Waals surface area (Å²) in [5.74, 6) is -0.972. The second-order valence-electron chi connectivity index (χ2n) is 6.01. The van der Waals surface area contributed by atoms with Crippen LogP contribution in [0.4, 0.5) is 9.59 Å². The molecule has 10 nitrogen and oxygen atoms in total. The van der Waals surface area contributed by atoms with Crippen molar-refractivity contribution in [2.75, 3.05) is 14.2 Å². The highest BCUT2D eigenvalue weighted by Crippen LogP contribution is 2.42. The van der Waals surface area contributed by atoms with Crippen molar-refractivity contribution in [1.82, 2.24) is 4.57 Å². The molecule has 3 rings (SSSR count). The van der Waals surface area contributed by atoms with E-state index < -0.39 is 24.1 Å². The van der Waals surface area contributed by atoms with Gasteiger partial charge < -0.3 is 29.2 Å². The number of rotatable bonds is 4. The molecule has 0 saturated carbocycles. The molecule has 1 aliphatic carbocycles. The van der Waals surface area contributed by atoms with Crippen molar-refractivity contribution in [2.24, 2.45) is 5.73 Å². The lowest BCUT2D eigenvalue weighted by atomic mass is 9.90. The predicted molar refractivity (Wildman–Crippen MR) is 88.0 cm³/mol. The van der Waals surface area contributed by atoms with Gasteiger partial charge in [0.15, 0.2) is 5.76 Å². The normalized spacial score (nSPS) is 18.1. The number of carbonyl (C=O) groups excluding carboxylic acids is 4. The largest absolute Gasteiger partial charge is 0.508 e. The standard InChI is InChI=1S/C17H18N2O8/c1-7-13(20)12-10(14(21)15(7)24-2)8(6-26-16(18)22)11-9(4-5-19(11)12)27-17(23)25-3/h9H,4-6H2,1-3H3,(H2,18,22). The quantitative estimate of drug-likeness (QED) is 0.780. The number of amides is 1. The van der Waals surface area contributed by atoms with Gasteiger partial charge in [0, 0.05) is 24.1 Å². The van der Waals surface area contributed by atoms with Crippen molar-refractivity contribution >= 4 is 23.8 Å². The van der Waals surface area contributed by atoms with E-state index in [1.165, 1.54) is 21.1 Å². The van der Waals surface area contributed by atoms with Crippen molar-refractivity contribution in [2.45, 2.75) is 32.6 Å². The molecule has 0 spiro atoms. The van der Waals surface area contributed by atoms with Gasteiger partial charge in [-0.05, 0) is 6.92 Å². The Balaban J connectivity index is 2.18. The van der Waals surface area contributed by atoms with Gasteiger partial charge in [-0.1, -0.05) is 0 Å². The Hall–Kier alpha value is -3.30. The van der Waals surface area contributed by atoms with Gasteiger partial charge in [-0.25, -0.2) is 9.59 Å². The Morgan fingerprint density at radius 3 is 2.52 bits per heavy atom. The van der Waals surface area contributed by atoms with E-state index in [0.29, 0.717) is 18.7 Å². The summed E-state index contributed by atoms with van der Waals surface area (Å²) in [5.41, 5.74) is 6.11. The van der Waals surface area contributed by atoms with Crippen LogP contribution in [0.2, 0.25) is 0 Å². The minimum absolute atomic E-state index is 0.0665. The van der Waals surface area contributed by atoms with E-state index in [-0.39, 0.29) is 40.5 Å². The van der Waals surface area contributed by atoms with Crippen molar-refractivity contribution in [3.05, 3.63) is 33.8 Å².